The van der Waals surface area contributed by atoms with Gasteiger partial charge in [-0.3, -0.25) is 4.79 Å². The van der Waals surface area contributed by atoms with Crippen LogP contribution in [0.3, 0.4) is 0 Å². The lowest BCUT2D eigenvalue weighted by Crippen LogP contribution is -2.41. The van der Waals surface area contributed by atoms with E-state index in [0.29, 0.717) is 23.7 Å². The molecule has 2 aliphatic rings. The Bertz CT molecular complexity index is 628. The molecule has 0 amide bonds. The molecule has 0 N–H and O–H groups in total. The fourth-order valence-corrected chi connectivity index (χ4v) is 6.24. The van der Waals surface area contributed by atoms with Crippen molar-refractivity contribution in [2.45, 2.75) is 107 Å². The lowest BCUT2D eigenvalue weighted by atomic mass is 9.59. The molecule has 0 aromatic carbocycles. The quantitative estimate of drug-likeness (QED) is 0.237. The Balaban J connectivity index is 2.14. The highest BCUT2D eigenvalue weighted by Gasteiger charge is 2.46. The Morgan fingerprint density at radius 1 is 1.13 bits per heavy atom. The second-order valence-electron chi connectivity index (χ2n) is 12.4. The predicted molar refractivity (Wildman–Crippen MR) is 128 cm³/mol. The molecule has 0 heterocycles. The summed E-state index contributed by atoms with van der Waals surface area (Å²) >= 11 is 0. The van der Waals surface area contributed by atoms with Crippen molar-refractivity contribution in [3.63, 3.8) is 0 Å². The topological polar surface area (TPSA) is 26.3 Å². The van der Waals surface area contributed by atoms with Gasteiger partial charge in [0.2, 0.25) is 0 Å². The van der Waals surface area contributed by atoms with E-state index in [1.165, 1.54) is 24.8 Å². The van der Waals surface area contributed by atoms with E-state index in [-0.39, 0.29) is 16.8 Å². The molecule has 2 heteroatoms. The van der Waals surface area contributed by atoms with E-state index >= 15 is 0 Å². The standard InChI is InChI=1S/C28H48O2/c1-10-11-24(25(19(2)3)18-27(6,7)8)14-21(5)30-26(29)28(9)16-22-12-20(4)13-23(15-22)17-28/h11,14,19-20,22-23,25H,10,12-13,15-18H2,1-9H3. The van der Waals surface area contributed by atoms with Crippen LogP contribution in [-0.2, 0) is 9.53 Å². The average Bonchev–Trinajstić information content (AvgIpc) is 2.57. The molecular formula is C28H48O2. The number of carbonyl (C=O) groups excluding carboxylic acids is 1. The zero-order valence-corrected chi connectivity index (χ0v) is 21.3. The molecule has 3 atom stereocenters. The van der Waals surface area contributed by atoms with Gasteiger partial charge in [-0.25, -0.2) is 0 Å². The van der Waals surface area contributed by atoms with Crippen molar-refractivity contribution in [2.24, 2.45) is 40.4 Å². The van der Waals surface area contributed by atoms with Crippen molar-refractivity contribution in [1.29, 1.82) is 0 Å². The summed E-state index contributed by atoms with van der Waals surface area (Å²) in [6.45, 7) is 20.2. The van der Waals surface area contributed by atoms with Crippen LogP contribution in [0.2, 0.25) is 0 Å². The van der Waals surface area contributed by atoms with Gasteiger partial charge in [-0.15, -0.1) is 0 Å². The molecule has 3 unspecified atom stereocenters. The van der Waals surface area contributed by atoms with Crippen molar-refractivity contribution in [3.05, 3.63) is 23.5 Å². The summed E-state index contributed by atoms with van der Waals surface area (Å²) in [5.74, 6) is 3.99. The largest absolute Gasteiger partial charge is 0.431 e. The molecule has 0 radical (unpaired) electrons. The van der Waals surface area contributed by atoms with Crippen LogP contribution in [0.1, 0.15) is 107 Å². The molecule has 0 aromatic rings. The molecule has 2 fully saturated rings. The van der Waals surface area contributed by atoms with Gasteiger partial charge in [0.05, 0.1) is 5.41 Å². The minimum atomic E-state index is -0.319. The van der Waals surface area contributed by atoms with E-state index in [1.54, 1.807) is 0 Å². The van der Waals surface area contributed by atoms with Gasteiger partial charge in [0, 0.05) is 0 Å². The lowest BCUT2D eigenvalue weighted by Gasteiger charge is -2.45. The summed E-state index contributed by atoms with van der Waals surface area (Å²) in [7, 11) is 0. The highest BCUT2D eigenvalue weighted by molar-refractivity contribution is 5.77. The highest BCUT2D eigenvalue weighted by Crippen LogP contribution is 2.50. The molecule has 0 aliphatic heterocycles. The van der Waals surface area contributed by atoms with Gasteiger partial charge in [-0.2, -0.15) is 0 Å². The van der Waals surface area contributed by atoms with Crippen LogP contribution in [0.15, 0.2) is 23.5 Å². The van der Waals surface area contributed by atoms with E-state index in [1.807, 2.05) is 6.92 Å². The van der Waals surface area contributed by atoms with Crippen molar-refractivity contribution in [1.82, 2.24) is 0 Å². The molecule has 172 valence electrons. The van der Waals surface area contributed by atoms with Crippen LogP contribution in [-0.4, -0.2) is 5.97 Å². The third-order valence-corrected chi connectivity index (χ3v) is 7.24. The first kappa shape index (κ1) is 25.2. The number of hydrogen-bond donors (Lipinski definition) is 0. The number of esters is 1. The number of ether oxygens (including phenoxy) is 1. The van der Waals surface area contributed by atoms with Crippen molar-refractivity contribution in [2.75, 3.05) is 0 Å². The first-order chi connectivity index (χ1) is 13.8. The Hall–Kier alpha value is -1.05. The number of fused-ring (bicyclic) bond motifs is 2. The van der Waals surface area contributed by atoms with E-state index in [0.717, 1.165) is 37.4 Å². The van der Waals surface area contributed by atoms with Crippen LogP contribution in [0, 0.1) is 40.4 Å². The van der Waals surface area contributed by atoms with Crippen LogP contribution in [0.25, 0.3) is 0 Å². The highest BCUT2D eigenvalue weighted by atomic mass is 16.5. The minimum absolute atomic E-state index is 0.00623. The minimum Gasteiger partial charge on any atom is -0.431 e. The predicted octanol–water partition coefficient (Wildman–Crippen LogP) is 8.33. The Kier molecular flexibility index (Phi) is 8.44. The van der Waals surface area contributed by atoms with Gasteiger partial charge in [0.25, 0.3) is 0 Å². The number of allylic oxidation sites excluding steroid dienone is 4. The molecule has 2 bridgehead atoms. The van der Waals surface area contributed by atoms with Gasteiger partial charge in [0.1, 0.15) is 5.76 Å². The van der Waals surface area contributed by atoms with Gasteiger partial charge in [0.15, 0.2) is 0 Å². The van der Waals surface area contributed by atoms with Crippen LogP contribution in [0.5, 0.6) is 0 Å². The lowest BCUT2D eigenvalue weighted by molar-refractivity contribution is -0.156. The summed E-state index contributed by atoms with van der Waals surface area (Å²) in [6.07, 6.45) is 12.5. The van der Waals surface area contributed by atoms with Gasteiger partial charge in [-0.05, 0) is 105 Å². The summed E-state index contributed by atoms with van der Waals surface area (Å²) in [4.78, 5) is 13.2. The normalized spacial score (nSPS) is 31.6. The molecular weight excluding hydrogens is 368 g/mol. The van der Waals surface area contributed by atoms with Crippen molar-refractivity contribution < 1.29 is 9.53 Å². The summed E-state index contributed by atoms with van der Waals surface area (Å²) in [5.41, 5.74) is 1.28. The van der Waals surface area contributed by atoms with Gasteiger partial charge < -0.3 is 4.74 Å². The van der Waals surface area contributed by atoms with Crippen molar-refractivity contribution >= 4 is 5.97 Å². The maximum atomic E-state index is 13.2. The third kappa shape index (κ3) is 6.99. The molecule has 2 saturated carbocycles. The summed E-state index contributed by atoms with van der Waals surface area (Å²) in [6, 6.07) is 0. The fraction of sp³-hybridized carbons (Fsp3) is 0.821. The smallest absolute Gasteiger partial charge is 0.316 e. The summed E-state index contributed by atoms with van der Waals surface area (Å²) in [5, 5.41) is 0. The first-order valence-corrected chi connectivity index (χ1v) is 12.4. The maximum Gasteiger partial charge on any atom is 0.316 e. The Labute approximate surface area is 186 Å². The summed E-state index contributed by atoms with van der Waals surface area (Å²) < 4.78 is 6.00. The van der Waals surface area contributed by atoms with Gasteiger partial charge in [-0.1, -0.05) is 54.5 Å². The van der Waals surface area contributed by atoms with Crippen LogP contribution < -0.4 is 0 Å². The van der Waals surface area contributed by atoms with E-state index in [4.69, 9.17) is 4.74 Å². The van der Waals surface area contributed by atoms with E-state index in [9.17, 15) is 4.79 Å². The molecule has 0 aromatic heterocycles. The molecule has 30 heavy (non-hydrogen) atoms. The Morgan fingerprint density at radius 2 is 1.70 bits per heavy atom. The molecule has 2 rings (SSSR count). The molecule has 2 aliphatic carbocycles. The van der Waals surface area contributed by atoms with Crippen molar-refractivity contribution in [3.8, 4) is 0 Å². The fourth-order valence-electron chi connectivity index (χ4n) is 6.24. The van der Waals surface area contributed by atoms with E-state index in [2.05, 4.69) is 67.5 Å². The third-order valence-electron chi connectivity index (χ3n) is 7.24. The monoisotopic (exact) mass is 416 g/mol. The maximum absolute atomic E-state index is 13.2. The molecule has 2 nitrogen and oxygen atoms in total. The number of rotatable bonds is 7. The zero-order valence-electron chi connectivity index (χ0n) is 21.3. The second-order valence-corrected chi connectivity index (χ2v) is 12.4. The Morgan fingerprint density at radius 3 is 2.17 bits per heavy atom. The van der Waals surface area contributed by atoms with E-state index < -0.39 is 0 Å². The number of hydrogen-bond acceptors (Lipinski definition) is 2. The second kappa shape index (κ2) is 10.0. The SMILES string of the molecule is CCC=C(C=C(C)OC(=O)C1(C)CC2CC(C)CC(C2)C1)C(CC(C)(C)C)C(C)C. The van der Waals surface area contributed by atoms with Crippen LogP contribution >= 0.6 is 0 Å². The number of carbonyl (C=O) groups is 1. The molecule has 0 spiro atoms. The molecule has 0 saturated heterocycles. The van der Waals surface area contributed by atoms with Gasteiger partial charge >= 0.3 is 5.97 Å². The first-order valence-electron chi connectivity index (χ1n) is 12.4. The zero-order chi connectivity index (χ0) is 22.7. The van der Waals surface area contributed by atoms with Crippen LogP contribution in [0.4, 0.5) is 0 Å². The average molecular weight is 417 g/mol.